The second kappa shape index (κ2) is 3.59. The second-order valence-electron chi connectivity index (χ2n) is 4.33. The Morgan fingerprint density at radius 2 is 1.88 bits per heavy atom. The fraction of sp³-hybridized carbons (Fsp3) is 0.333. The Kier molecular flexibility index (Phi) is 2.50. The van der Waals surface area contributed by atoms with Crippen molar-refractivity contribution >= 4 is 23.4 Å². The SMILES string of the molecule is CC1(C)C(=O)N(CCl)C(=O)c2ccccc21. The normalized spacial score (nSPS) is 18.6. The smallest absolute Gasteiger partial charge is 0.261 e. The molecule has 2 amide bonds. The third-order valence-corrected chi connectivity index (χ3v) is 3.21. The lowest BCUT2D eigenvalue weighted by Gasteiger charge is -2.36. The van der Waals surface area contributed by atoms with Crippen molar-refractivity contribution < 1.29 is 9.59 Å². The number of nitrogens with zero attached hydrogens (tertiary/aromatic N) is 1. The summed E-state index contributed by atoms with van der Waals surface area (Å²) >= 11 is 5.65. The minimum Gasteiger partial charge on any atom is -0.273 e. The Bertz CT molecular complexity index is 468. The molecule has 1 aliphatic heterocycles. The molecule has 0 saturated carbocycles. The number of amides is 2. The first-order valence-corrected chi connectivity index (χ1v) is 5.55. The topological polar surface area (TPSA) is 37.4 Å². The number of benzene rings is 1. The van der Waals surface area contributed by atoms with Crippen LogP contribution in [0.1, 0.15) is 29.8 Å². The monoisotopic (exact) mass is 237 g/mol. The highest BCUT2D eigenvalue weighted by atomic mass is 35.5. The van der Waals surface area contributed by atoms with E-state index in [9.17, 15) is 9.59 Å². The van der Waals surface area contributed by atoms with E-state index in [1.807, 2.05) is 12.1 Å². The molecule has 1 aromatic carbocycles. The summed E-state index contributed by atoms with van der Waals surface area (Å²) in [5.74, 6) is -0.555. The Labute approximate surface area is 99.0 Å². The molecular weight excluding hydrogens is 226 g/mol. The Balaban J connectivity index is 2.67. The zero-order valence-corrected chi connectivity index (χ0v) is 9.91. The summed E-state index contributed by atoms with van der Waals surface area (Å²) < 4.78 is 0. The van der Waals surface area contributed by atoms with Crippen molar-refractivity contribution in [1.29, 1.82) is 0 Å². The molecule has 16 heavy (non-hydrogen) atoms. The average molecular weight is 238 g/mol. The molecule has 0 atom stereocenters. The third-order valence-electron chi connectivity index (χ3n) is 2.98. The number of imide groups is 1. The molecule has 0 radical (unpaired) electrons. The van der Waals surface area contributed by atoms with Crippen molar-refractivity contribution in [3.8, 4) is 0 Å². The summed E-state index contributed by atoms with van der Waals surface area (Å²) in [4.78, 5) is 25.1. The molecule has 4 heteroatoms. The van der Waals surface area contributed by atoms with Gasteiger partial charge in [0.1, 0.15) is 6.00 Å². The number of hydrogen-bond acceptors (Lipinski definition) is 2. The number of fused-ring (bicyclic) bond motifs is 1. The van der Waals surface area contributed by atoms with Crippen LogP contribution in [0.5, 0.6) is 0 Å². The fourth-order valence-corrected chi connectivity index (χ4v) is 2.23. The predicted octanol–water partition coefficient (Wildman–Crippen LogP) is 2.14. The van der Waals surface area contributed by atoms with Gasteiger partial charge in [-0.3, -0.25) is 14.5 Å². The average Bonchev–Trinajstić information content (AvgIpc) is 2.28. The van der Waals surface area contributed by atoms with Crippen LogP contribution < -0.4 is 0 Å². The number of halogens is 1. The number of hydrogen-bond donors (Lipinski definition) is 0. The van der Waals surface area contributed by atoms with Crippen LogP contribution in [0.3, 0.4) is 0 Å². The van der Waals surface area contributed by atoms with Crippen LogP contribution >= 0.6 is 11.6 Å². The van der Waals surface area contributed by atoms with E-state index >= 15 is 0 Å². The standard InChI is InChI=1S/C12H12ClNO2/c1-12(2)9-6-4-3-5-8(9)10(15)14(7-13)11(12)16/h3-6H,7H2,1-2H3. The number of rotatable bonds is 1. The van der Waals surface area contributed by atoms with Crippen molar-refractivity contribution in [1.82, 2.24) is 4.90 Å². The van der Waals surface area contributed by atoms with E-state index in [-0.39, 0.29) is 17.8 Å². The third kappa shape index (κ3) is 1.35. The van der Waals surface area contributed by atoms with Gasteiger partial charge in [-0.05, 0) is 25.5 Å². The van der Waals surface area contributed by atoms with Gasteiger partial charge in [0, 0.05) is 5.56 Å². The zero-order valence-electron chi connectivity index (χ0n) is 9.16. The maximum absolute atomic E-state index is 12.1. The van der Waals surface area contributed by atoms with Gasteiger partial charge in [-0.25, -0.2) is 0 Å². The number of carbonyl (C=O) groups is 2. The molecule has 3 nitrogen and oxygen atoms in total. The van der Waals surface area contributed by atoms with E-state index in [1.54, 1.807) is 26.0 Å². The van der Waals surface area contributed by atoms with Gasteiger partial charge in [0.05, 0.1) is 5.41 Å². The van der Waals surface area contributed by atoms with Crippen LogP contribution in [0.15, 0.2) is 24.3 Å². The highest BCUT2D eigenvalue weighted by Gasteiger charge is 2.43. The van der Waals surface area contributed by atoms with Crippen LogP contribution in [0.4, 0.5) is 0 Å². The Morgan fingerprint density at radius 3 is 2.50 bits per heavy atom. The highest BCUT2D eigenvalue weighted by Crippen LogP contribution is 2.34. The van der Waals surface area contributed by atoms with Crippen LogP contribution in [-0.2, 0) is 10.2 Å². The molecule has 0 bridgehead atoms. The molecule has 0 aliphatic carbocycles. The van der Waals surface area contributed by atoms with Crippen molar-refractivity contribution in [3.63, 3.8) is 0 Å². The van der Waals surface area contributed by atoms with Crippen molar-refractivity contribution in [3.05, 3.63) is 35.4 Å². The van der Waals surface area contributed by atoms with Crippen molar-refractivity contribution in [2.24, 2.45) is 0 Å². The van der Waals surface area contributed by atoms with Crippen LogP contribution in [0.2, 0.25) is 0 Å². The molecule has 1 heterocycles. The minimum atomic E-state index is -0.695. The predicted molar refractivity (Wildman–Crippen MR) is 61.4 cm³/mol. The van der Waals surface area contributed by atoms with E-state index < -0.39 is 5.41 Å². The van der Waals surface area contributed by atoms with Gasteiger partial charge in [0.15, 0.2) is 0 Å². The minimum absolute atomic E-state index is 0.102. The molecular formula is C12H12ClNO2. The van der Waals surface area contributed by atoms with Crippen molar-refractivity contribution in [2.45, 2.75) is 19.3 Å². The number of alkyl halides is 1. The molecule has 0 spiro atoms. The van der Waals surface area contributed by atoms with Crippen LogP contribution in [-0.4, -0.2) is 22.7 Å². The molecule has 0 unspecified atom stereocenters. The first-order chi connectivity index (χ1) is 7.50. The summed E-state index contributed by atoms with van der Waals surface area (Å²) in [5, 5.41) is 0. The lowest BCUT2D eigenvalue weighted by molar-refractivity contribution is -0.133. The lowest BCUT2D eigenvalue weighted by atomic mass is 9.77. The van der Waals surface area contributed by atoms with Gasteiger partial charge < -0.3 is 0 Å². The van der Waals surface area contributed by atoms with Gasteiger partial charge in [0.25, 0.3) is 5.91 Å². The van der Waals surface area contributed by atoms with Crippen LogP contribution in [0.25, 0.3) is 0 Å². The maximum atomic E-state index is 12.1. The summed E-state index contributed by atoms with van der Waals surface area (Å²) in [5.41, 5.74) is 0.637. The molecule has 0 fully saturated rings. The molecule has 1 aromatic rings. The Morgan fingerprint density at radius 1 is 1.25 bits per heavy atom. The maximum Gasteiger partial charge on any atom is 0.261 e. The summed E-state index contributed by atoms with van der Waals surface area (Å²) in [7, 11) is 0. The molecule has 2 rings (SSSR count). The first-order valence-electron chi connectivity index (χ1n) is 5.02. The van der Waals surface area contributed by atoms with Gasteiger partial charge in [-0.2, -0.15) is 0 Å². The number of carbonyl (C=O) groups excluding carboxylic acids is 2. The van der Waals surface area contributed by atoms with Crippen molar-refractivity contribution in [2.75, 3.05) is 6.00 Å². The zero-order chi connectivity index (χ0) is 11.9. The summed E-state index contributed by atoms with van der Waals surface area (Å²) in [6, 6.07) is 7.06. The highest BCUT2D eigenvalue weighted by molar-refractivity contribution is 6.23. The van der Waals surface area contributed by atoms with E-state index in [2.05, 4.69) is 0 Å². The molecule has 0 saturated heterocycles. The van der Waals surface area contributed by atoms with Crippen LogP contribution in [0, 0.1) is 0 Å². The lowest BCUT2D eigenvalue weighted by Crippen LogP contribution is -2.51. The van der Waals surface area contributed by atoms with E-state index in [4.69, 9.17) is 11.6 Å². The van der Waals surface area contributed by atoms with E-state index in [0.717, 1.165) is 10.5 Å². The van der Waals surface area contributed by atoms with E-state index in [0.29, 0.717) is 5.56 Å². The largest absolute Gasteiger partial charge is 0.273 e. The Hall–Kier alpha value is -1.35. The van der Waals surface area contributed by atoms with Gasteiger partial charge in [-0.15, -0.1) is 11.6 Å². The molecule has 1 aliphatic rings. The summed E-state index contributed by atoms with van der Waals surface area (Å²) in [6.45, 7) is 3.61. The van der Waals surface area contributed by atoms with Gasteiger partial charge in [0.2, 0.25) is 5.91 Å². The molecule has 0 N–H and O–H groups in total. The summed E-state index contributed by atoms with van der Waals surface area (Å²) in [6.07, 6.45) is 0. The van der Waals surface area contributed by atoms with Gasteiger partial charge >= 0.3 is 0 Å². The first kappa shape index (κ1) is 11.1. The molecule has 0 aromatic heterocycles. The van der Waals surface area contributed by atoms with E-state index in [1.165, 1.54) is 0 Å². The molecule has 84 valence electrons. The van der Waals surface area contributed by atoms with Gasteiger partial charge in [-0.1, -0.05) is 18.2 Å². The second-order valence-corrected chi connectivity index (χ2v) is 4.57. The quantitative estimate of drug-likeness (QED) is 0.426. The fourth-order valence-electron chi connectivity index (χ4n) is 2.01.